The Hall–Kier alpha value is -3.76. The van der Waals surface area contributed by atoms with Crippen molar-refractivity contribution in [3.05, 3.63) is 84.7 Å². The molecule has 0 aromatic heterocycles. The van der Waals surface area contributed by atoms with Crippen LogP contribution in [0.4, 0.5) is 13.2 Å². The van der Waals surface area contributed by atoms with Crippen LogP contribution in [0.1, 0.15) is 88.5 Å². The molecule has 2 aromatic carbocycles. The highest BCUT2D eigenvalue weighted by molar-refractivity contribution is 5.87. The Bertz CT molecular complexity index is 1370. The summed E-state index contributed by atoms with van der Waals surface area (Å²) in [5.41, 5.74) is 3.33. The van der Waals surface area contributed by atoms with Gasteiger partial charge in [0.1, 0.15) is 17.3 Å². The molecule has 2 saturated carbocycles. The van der Waals surface area contributed by atoms with E-state index in [4.69, 9.17) is 24.1 Å². The minimum Gasteiger partial charge on any atom is -0.458 e. The number of unbranched alkanes of at least 4 members (excludes halogenated alkanes) is 1. The fraction of sp³-hybridized carbons (Fsp3) is 0.525. The van der Waals surface area contributed by atoms with Crippen LogP contribution in [0.2, 0.25) is 0 Å². The fourth-order valence-electron chi connectivity index (χ4n) is 7.16. The van der Waals surface area contributed by atoms with Crippen LogP contribution in [-0.4, -0.2) is 49.2 Å². The van der Waals surface area contributed by atoms with Crippen molar-refractivity contribution in [1.82, 2.24) is 0 Å². The van der Waals surface area contributed by atoms with Gasteiger partial charge in [0, 0.05) is 18.1 Å². The standard InChI is InChI=1S/C40H51F3O7/c1-27(23-44)29(3)47-25-48-37-20-36(21-38(22-37)49-26-50-39(46)28(2)24-45)35-17-15-34(16-18-35)33-13-11-32(12-14-33)31-9-7-30(8-10-31)6-4-5-19-40(41,42)43/h15-18,20-22,30-33,44-45H,1-14,19,23-26H2. The number of aliphatic hydroxyl groups excluding tert-OH is 2. The lowest BCUT2D eigenvalue weighted by molar-refractivity contribution is -0.145. The highest BCUT2D eigenvalue weighted by atomic mass is 19.4. The summed E-state index contributed by atoms with van der Waals surface area (Å²) in [6, 6.07) is 13.8. The van der Waals surface area contributed by atoms with Crippen LogP contribution in [0.3, 0.4) is 0 Å². The van der Waals surface area contributed by atoms with Gasteiger partial charge in [-0.2, -0.15) is 13.2 Å². The van der Waals surface area contributed by atoms with E-state index >= 15 is 0 Å². The third kappa shape index (κ3) is 12.2. The first-order valence-corrected chi connectivity index (χ1v) is 17.6. The van der Waals surface area contributed by atoms with E-state index in [1.165, 1.54) is 31.2 Å². The summed E-state index contributed by atoms with van der Waals surface area (Å²) < 4.78 is 59.3. The van der Waals surface area contributed by atoms with Crippen molar-refractivity contribution in [3.63, 3.8) is 0 Å². The predicted molar refractivity (Wildman–Crippen MR) is 186 cm³/mol. The average Bonchev–Trinajstić information content (AvgIpc) is 3.12. The van der Waals surface area contributed by atoms with Crippen molar-refractivity contribution in [2.45, 2.75) is 89.1 Å². The van der Waals surface area contributed by atoms with Gasteiger partial charge in [-0.05, 0) is 97.4 Å². The molecular formula is C40H51F3O7. The van der Waals surface area contributed by atoms with Crippen molar-refractivity contribution in [2.24, 2.45) is 17.8 Å². The van der Waals surface area contributed by atoms with Crippen LogP contribution in [0.25, 0.3) is 11.1 Å². The molecule has 2 fully saturated rings. The van der Waals surface area contributed by atoms with Crippen molar-refractivity contribution < 1.29 is 47.1 Å². The second kappa shape index (κ2) is 19.0. The Labute approximate surface area is 293 Å². The van der Waals surface area contributed by atoms with Crippen LogP contribution in [0.15, 0.2) is 79.1 Å². The van der Waals surface area contributed by atoms with Gasteiger partial charge < -0.3 is 29.2 Å². The first-order valence-electron chi connectivity index (χ1n) is 17.6. The molecule has 7 nitrogen and oxygen atoms in total. The van der Waals surface area contributed by atoms with E-state index in [2.05, 4.69) is 44.0 Å². The van der Waals surface area contributed by atoms with Gasteiger partial charge in [0.2, 0.25) is 13.6 Å². The lowest BCUT2D eigenvalue weighted by Gasteiger charge is -2.38. The summed E-state index contributed by atoms with van der Waals surface area (Å²) in [7, 11) is 0. The third-order valence-corrected chi connectivity index (χ3v) is 10.2. The molecule has 0 spiro atoms. The van der Waals surface area contributed by atoms with Crippen LogP contribution in [0.5, 0.6) is 11.5 Å². The van der Waals surface area contributed by atoms with Gasteiger partial charge in [-0.1, -0.05) is 69.7 Å². The first-order chi connectivity index (χ1) is 24.0. The molecule has 0 atom stereocenters. The number of ether oxygens (including phenoxy) is 4. The molecule has 0 bridgehead atoms. The molecule has 0 radical (unpaired) electrons. The molecule has 0 unspecified atom stereocenters. The van der Waals surface area contributed by atoms with E-state index in [9.17, 15) is 23.1 Å². The van der Waals surface area contributed by atoms with Crippen molar-refractivity contribution >= 4 is 5.97 Å². The van der Waals surface area contributed by atoms with E-state index in [0.717, 1.165) is 55.1 Å². The van der Waals surface area contributed by atoms with E-state index in [0.29, 0.717) is 35.3 Å². The number of alkyl halides is 3. The summed E-state index contributed by atoms with van der Waals surface area (Å²) >= 11 is 0. The number of aliphatic hydroxyl groups is 2. The van der Waals surface area contributed by atoms with Gasteiger partial charge in [-0.25, -0.2) is 4.79 Å². The second-order valence-electron chi connectivity index (χ2n) is 13.6. The molecule has 2 aromatic rings. The second-order valence-corrected chi connectivity index (χ2v) is 13.6. The highest BCUT2D eigenvalue weighted by Gasteiger charge is 2.32. The zero-order valence-corrected chi connectivity index (χ0v) is 28.9. The molecule has 4 rings (SSSR count). The summed E-state index contributed by atoms with van der Waals surface area (Å²) in [5, 5.41) is 18.3. The molecule has 0 saturated heterocycles. The predicted octanol–water partition coefficient (Wildman–Crippen LogP) is 9.40. The number of carbonyl (C=O) groups excluding carboxylic acids is 1. The average molecular weight is 701 g/mol. The quantitative estimate of drug-likeness (QED) is 0.0400. The van der Waals surface area contributed by atoms with Gasteiger partial charge in [0.05, 0.1) is 18.8 Å². The van der Waals surface area contributed by atoms with E-state index < -0.39 is 32.0 Å². The van der Waals surface area contributed by atoms with Crippen LogP contribution in [0, 0.1) is 17.8 Å². The molecule has 2 N–H and O–H groups in total. The molecule has 10 heteroatoms. The largest absolute Gasteiger partial charge is 0.458 e. The van der Waals surface area contributed by atoms with E-state index in [-0.39, 0.29) is 31.2 Å². The Morgan fingerprint density at radius 1 is 0.720 bits per heavy atom. The van der Waals surface area contributed by atoms with Crippen LogP contribution < -0.4 is 9.47 Å². The van der Waals surface area contributed by atoms with Crippen molar-refractivity contribution in [1.29, 1.82) is 0 Å². The number of benzene rings is 2. The maximum atomic E-state index is 12.4. The maximum absolute atomic E-state index is 12.4. The van der Waals surface area contributed by atoms with Gasteiger partial charge in [-0.15, -0.1) is 0 Å². The Kier molecular flexibility index (Phi) is 14.8. The van der Waals surface area contributed by atoms with Crippen LogP contribution >= 0.6 is 0 Å². The SMILES string of the molecule is C=C(CO)C(=C)OCOc1cc(OCOC(=O)C(=C)CO)cc(-c2ccc(C3CCC(C4CCC(CCCCC(F)(F)F)CC4)CC3)cc2)c1. The van der Waals surface area contributed by atoms with Crippen LogP contribution in [-0.2, 0) is 14.3 Å². The fourth-order valence-corrected chi connectivity index (χ4v) is 7.16. The first kappa shape index (κ1) is 39.0. The minimum atomic E-state index is -4.04. The molecule has 0 aliphatic heterocycles. The zero-order chi connectivity index (χ0) is 36.1. The number of esters is 1. The molecular weight excluding hydrogens is 649 g/mol. The summed E-state index contributed by atoms with van der Waals surface area (Å²) in [6.07, 6.45) is 6.63. The third-order valence-electron chi connectivity index (χ3n) is 10.2. The summed E-state index contributed by atoms with van der Waals surface area (Å²) in [5.74, 6) is 2.84. The topological polar surface area (TPSA) is 94.5 Å². The normalized spacial score (nSPS) is 20.8. The lowest BCUT2D eigenvalue weighted by atomic mass is 9.68. The zero-order valence-electron chi connectivity index (χ0n) is 28.9. The molecule has 2 aliphatic rings. The van der Waals surface area contributed by atoms with Crippen molar-refractivity contribution in [2.75, 3.05) is 26.8 Å². The number of carbonyl (C=O) groups is 1. The lowest BCUT2D eigenvalue weighted by Crippen LogP contribution is -2.25. The van der Waals surface area contributed by atoms with Gasteiger partial charge in [-0.3, -0.25) is 0 Å². The molecule has 0 heterocycles. The van der Waals surface area contributed by atoms with E-state index in [1.54, 1.807) is 6.07 Å². The maximum Gasteiger partial charge on any atom is 0.389 e. The highest BCUT2D eigenvalue weighted by Crippen LogP contribution is 2.45. The summed E-state index contributed by atoms with van der Waals surface area (Å²) in [6.45, 7) is 9.48. The molecule has 0 amide bonds. The molecule has 50 heavy (non-hydrogen) atoms. The number of hydrogen-bond donors (Lipinski definition) is 2. The number of rotatable bonds is 18. The van der Waals surface area contributed by atoms with Gasteiger partial charge in [0.25, 0.3) is 0 Å². The molecule has 2 aliphatic carbocycles. The summed E-state index contributed by atoms with van der Waals surface area (Å²) in [4.78, 5) is 11.9. The Morgan fingerprint density at radius 2 is 1.28 bits per heavy atom. The number of hydrogen-bond acceptors (Lipinski definition) is 7. The Morgan fingerprint density at radius 3 is 1.84 bits per heavy atom. The van der Waals surface area contributed by atoms with Gasteiger partial charge >= 0.3 is 12.1 Å². The van der Waals surface area contributed by atoms with Crippen molar-refractivity contribution in [3.8, 4) is 22.6 Å². The van der Waals surface area contributed by atoms with Gasteiger partial charge in [0.15, 0.2) is 0 Å². The number of halogens is 3. The minimum absolute atomic E-state index is 0.0805. The molecule has 274 valence electrons. The monoisotopic (exact) mass is 700 g/mol. The smallest absolute Gasteiger partial charge is 0.389 e. The van der Waals surface area contributed by atoms with E-state index in [1.807, 2.05) is 12.1 Å². The Balaban J connectivity index is 1.31.